The van der Waals surface area contributed by atoms with Gasteiger partial charge in [0.25, 0.3) is 0 Å². The van der Waals surface area contributed by atoms with Crippen LogP contribution in [0, 0.1) is 5.92 Å². The van der Waals surface area contributed by atoms with E-state index in [1.807, 2.05) is 23.2 Å². The number of nitrogens with zero attached hydrogens (tertiary/aromatic N) is 3. The van der Waals surface area contributed by atoms with Gasteiger partial charge in [0, 0.05) is 25.1 Å². The van der Waals surface area contributed by atoms with E-state index in [4.69, 9.17) is 0 Å². The fourth-order valence-electron chi connectivity index (χ4n) is 2.56. The molecule has 0 aliphatic carbocycles. The molecule has 1 aliphatic heterocycles. The summed E-state index contributed by atoms with van der Waals surface area (Å²) in [7, 11) is 0. The first-order valence-corrected chi connectivity index (χ1v) is 8.22. The van der Waals surface area contributed by atoms with Crippen molar-refractivity contribution in [1.29, 1.82) is 0 Å². The van der Waals surface area contributed by atoms with Crippen LogP contribution in [0.5, 0.6) is 0 Å². The van der Waals surface area contributed by atoms with E-state index in [2.05, 4.69) is 26.3 Å². The Balaban J connectivity index is 1.54. The Hall–Kier alpha value is -1.66. The highest BCUT2D eigenvalue weighted by molar-refractivity contribution is 7.07. The van der Waals surface area contributed by atoms with E-state index in [1.54, 1.807) is 11.3 Å². The molecule has 21 heavy (non-hydrogen) atoms. The van der Waals surface area contributed by atoms with Gasteiger partial charge in [0.1, 0.15) is 5.82 Å². The summed E-state index contributed by atoms with van der Waals surface area (Å²) in [6.07, 6.45) is 4.03. The number of anilines is 2. The van der Waals surface area contributed by atoms with E-state index >= 15 is 0 Å². The normalized spacial score (nSPS) is 16.1. The zero-order chi connectivity index (χ0) is 14.5. The maximum Gasteiger partial charge on any atom is 0.126 e. The summed E-state index contributed by atoms with van der Waals surface area (Å²) in [6, 6.07) is 4.12. The van der Waals surface area contributed by atoms with Crippen LogP contribution in [0.2, 0.25) is 0 Å². The van der Waals surface area contributed by atoms with Crippen molar-refractivity contribution in [3.63, 3.8) is 0 Å². The van der Waals surface area contributed by atoms with Crippen LogP contribution in [0.1, 0.15) is 18.5 Å². The molecule has 0 aromatic carbocycles. The lowest BCUT2D eigenvalue weighted by Crippen LogP contribution is -2.34. The average molecular weight is 304 g/mol. The lowest BCUT2D eigenvalue weighted by atomic mass is 9.98. The minimum atomic E-state index is 0.311. The highest BCUT2D eigenvalue weighted by Crippen LogP contribution is 2.23. The van der Waals surface area contributed by atoms with Crippen molar-refractivity contribution < 1.29 is 5.11 Å². The first-order chi connectivity index (χ1) is 10.3. The molecule has 1 aliphatic rings. The molecule has 1 saturated heterocycles. The molecule has 6 heteroatoms. The highest BCUT2D eigenvalue weighted by atomic mass is 32.1. The third kappa shape index (κ3) is 3.71. The largest absolute Gasteiger partial charge is 0.396 e. The molecule has 0 saturated carbocycles. The number of rotatable bonds is 5. The maximum absolute atomic E-state index is 9.18. The van der Waals surface area contributed by atoms with E-state index in [-0.39, 0.29) is 0 Å². The first kappa shape index (κ1) is 14.3. The van der Waals surface area contributed by atoms with Crippen LogP contribution in [0.15, 0.2) is 29.2 Å². The second-order valence-corrected chi connectivity index (χ2v) is 6.07. The predicted octanol–water partition coefficient (Wildman–Crippen LogP) is 2.36. The van der Waals surface area contributed by atoms with Crippen LogP contribution >= 0.6 is 11.3 Å². The number of aliphatic hydroxyl groups is 1. The number of piperidine rings is 1. The summed E-state index contributed by atoms with van der Waals surface area (Å²) in [5.74, 6) is 1.34. The van der Waals surface area contributed by atoms with E-state index in [1.165, 1.54) is 0 Å². The topological polar surface area (TPSA) is 61.3 Å². The van der Waals surface area contributed by atoms with Gasteiger partial charge in [-0.05, 0) is 30.9 Å². The van der Waals surface area contributed by atoms with Crippen LogP contribution in [-0.4, -0.2) is 34.8 Å². The Kier molecular flexibility index (Phi) is 4.67. The quantitative estimate of drug-likeness (QED) is 0.888. The Bertz CT molecular complexity index is 535. The number of thiazole rings is 1. The van der Waals surface area contributed by atoms with Gasteiger partial charge in [-0.15, -0.1) is 11.3 Å². The number of hydrogen-bond acceptors (Lipinski definition) is 6. The average Bonchev–Trinajstić information content (AvgIpc) is 3.07. The molecule has 3 heterocycles. The molecular weight excluding hydrogens is 284 g/mol. The van der Waals surface area contributed by atoms with Gasteiger partial charge >= 0.3 is 0 Å². The van der Waals surface area contributed by atoms with Gasteiger partial charge in [-0.25, -0.2) is 9.97 Å². The molecular formula is C15H20N4OS. The second kappa shape index (κ2) is 6.87. The van der Waals surface area contributed by atoms with Gasteiger partial charge in [-0.2, -0.15) is 0 Å². The SMILES string of the molecule is OCC1CCN(c2ccc(NCc3cscn3)nc2)CC1. The summed E-state index contributed by atoms with van der Waals surface area (Å²) in [6.45, 7) is 3.01. The fourth-order valence-corrected chi connectivity index (χ4v) is 3.12. The Morgan fingerprint density at radius 3 is 2.76 bits per heavy atom. The standard InChI is InChI=1S/C15H20N4OS/c20-9-12-3-5-19(6-4-12)14-1-2-15(17-8-14)16-7-13-10-21-11-18-13/h1-2,8,10-12,20H,3-7,9H2,(H,16,17). The minimum Gasteiger partial charge on any atom is -0.396 e. The third-order valence-corrected chi connectivity index (χ3v) is 4.56. The van der Waals surface area contributed by atoms with Gasteiger partial charge < -0.3 is 15.3 Å². The van der Waals surface area contributed by atoms with Crippen LogP contribution < -0.4 is 10.2 Å². The van der Waals surface area contributed by atoms with Crippen molar-refractivity contribution in [2.45, 2.75) is 19.4 Å². The molecule has 1 fully saturated rings. The lowest BCUT2D eigenvalue weighted by molar-refractivity contribution is 0.203. The summed E-state index contributed by atoms with van der Waals surface area (Å²) < 4.78 is 0. The summed E-state index contributed by atoms with van der Waals surface area (Å²) in [5.41, 5.74) is 4.03. The highest BCUT2D eigenvalue weighted by Gasteiger charge is 2.18. The monoisotopic (exact) mass is 304 g/mol. The van der Waals surface area contributed by atoms with E-state index < -0.39 is 0 Å². The van der Waals surface area contributed by atoms with Crippen LogP contribution in [0.3, 0.4) is 0 Å². The number of aromatic nitrogens is 2. The molecule has 5 nitrogen and oxygen atoms in total. The van der Waals surface area contributed by atoms with E-state index in [0.717, 1.165) is 43.1 Å². The van der Waals surface area contributed by atoms with Crippen molar-refractivity contribution in [2.24, 2.45) is 5.92 Å². The van der Waals surface area contributed by atoms with Crippen molar-refractivity contribution in [3.8, 4) is 0 Å². The van der Waals surface area contributed by atoms with Crippen LogP contribution in [0.4, 0.5) is 11.5 Å². The minimum absolute atomic E-state index is 0.311. The van der Waals surface area contributed by atoms with Crippen molar-refractivity contribution in [3.05, 3.63) is 34.9 Å². The second-order valence-electron chi connectivity index (χ2n) is 5.35. The lowest BCUT2D eigenvalue weighted by Gasteiger charge is -2.32. The fraction of sp³-hybridized carbons (Fsp3) is 0.467. The van der Waals surface area contributed by atoms with Gasteiger partial charge in [-0.3, -0.25) is 0 Å². The van der Waals surface area contributed by atoms with Crippen LogP contribution in [-0.2, 0) is 6.54 Å². The summed E-state index contributed by atoms with van der Waals surface area (Å²) >= 11 is 1.60. The number of pyridine rings is 1. The molecule has 0 amide bonds. The molecule has 0 bridgehead atoms. The van der Waals surface area contributed by atoms with E-state index in [9.17, 15) is 5.11 Å². The molecule has 2 aromatic rings. The number of nitrogens with one attached hydrogen (secondary N) is 1. The predicted molar refractivity (Wildman–Crippen MR) is 85.7 cm³/mol. The third-order valence-electron chi connectivity index (χ3n) is 3.92. The van der Waals surface area contributed by atoms with Gasteiger partial charge in [0.2, 0.25) is 0 Å². The van der Waals surface area contributed by atoms with Crippen molar-refractivity contribution >= 4 is 22.8 Å². The Morgan fingerprint density at radius 2 is 2.14 bits per heavy atom. The molecule has 0 unspecified atom stereocenters. The van der Waals surface area contributed by atoms with Crippen molar-refractivity contribution in [2.75, 3.05) is 29.9 Å². The molecule has 2 aromatic heterocycles. The van der Waals surface area contributed by atoms with Gasteiger partial charge in [0.15, 0.2) is 0 Å². The maximum atomic E-state index is 9.18. The van der Waals surface area contributed by atoms with Gasteiger partial charge in [-0.1, -0.05) is 0 Å². The molecule has 0 radical (unpaired) electrons. The Labute approximate surface area is 128 Å². The Morgan fingerprint density at radius 1 is 1.29 bits per heavy atom. The molecule has 0 spiro atoms. The zero-order valence-corrected chi connectivity index (χ0v) is 12.7. The number of aliphatic hydroxyl groups excluding tert-OH is 1. The summed E-state index contributed by atoms with van der Waals surface area (Å²) in [5, 5.41) is 14.5. The van der Waals surface area contributed by atoms with E-state index in [0.29, 0.717) is 19.1 Å². The van der Waals surface area contributed by atoms with Crippen LogP contribution in [0.25, 0.3) is 0 Å². The summed E-state index contributed by atoms with van der Waals surface area (Å²) in [4.78, 5) is 11.0. The smallest absolute Gasteiger partial charge is 0.126 e. The number of hydrogen-bond donors (Lipinski definition) is 2. The first-order valence-electron chi connectivity index (χ1n) is 7.28. The molecule has 112 valence electrons. The molecule has 0 atom stereocenters. The van der Waals surface area contributed by atoms with Crippen molar-refractivity contribution in [1.82, 2.24) is 9.97 Å². The zero-order valence-electron chi connectivity index (χ0n) is 11.9. The molecule has 2 N–H and O–H groups in total. The van der Waals surface area contributed by atoms with Gasteiger partial charge in [0.05, 0.1) is 29.6 Å². The molecule has 3 rings (SSSR count).